The molecule has 0 amide bonds. The first kappa shape index (κ1) is 21.4. The van der Waals surface area contributed by atoms with E-state index >= 15 is 0 Å². The van der Waals surface area contributed by atoms with Gasteiger partial charge in [0.25, 0.3) is 0 Å². The predicted molar refractivity (Wildman–Crippen MR) is 100 cm³/mol. The van der Waals surface area contributed by atoms with Crippen molar-refractivity contribution >= 4 is 43.2 Å². The van der Waals surface area contributed by atoms with E-state index in [0.29, 0.717) is 6.07 Å². The first-order chi connectivity index (χ1) is 13.0. The van der Waals surface area contributed by atoms with Crippen molar-refractivity contribution in [1.82, 2.24) is 8.61 Å². The van der Waals surface area contributed by atoms with E-state index in [1.165, 1.54) is 18.2 Å². The zero-order valence-corrected chi connectivity index (χ0v) is 17.3. The maximum Gasteiger partial charge on any atom is 0.246 e. The Balaban J connectivity index is 1.82. The quantitative estimate of drug-likeness (QED) is 0.688. The van der Waals surface area contributed by atoms with Crippen LogP contribution in [0.25, 0.3) is 0 Å². The highest BCUT2D eigenvalue weighted by atomic mass is 35.5. The Labute approximate surface area is 171 Å². The molecular formula is C16H14Cl2F2N2O4S2. The van der Waals surface area contributed by atoms with E-state index in [0.717, 1.165) is 20.7 Å². The average molecular weight is 471 g/mol. The summed E-state index contributed by atoms with van der Waals surface area (Å²) in [7, 11) is -8.29. The van der Waals surface area contributed by atoms with E-state index in [2.05, 4.69) is 0 Å². The zero-order chi connectivity index (χ0) is 20.7. The van der Waals surface area contributed by atoms with Gasteiger partial charge in [-0.15, -0.1) is 0 Å². The molecule has 1 fully saturated rings. The van der Waals surface area contributed by atoms with Gasteiger partial charge in [-0.05, 0) is 24.3 Å². The smallest absolute Gasteiger partial charge is 0.207 e. The second-order valence-electron chi connectivity index (χ2n) is 5.93. The molecule has 2 aromatic carbocycles. The molecule has 0 aliphatic carbocycles. The second-order valence-corrected chi connectivity index (χ2v) is 10.5. The van der Waals surface area contributed by atoms with Crippen molar-refractivity contribution in [1.29, 1.82) is 0 Å². The van der Waals surface area contributed by atoms with Crippen LogP contribution in [0.5, 0.6) is 0 Å². The molecule has 0 radical (unpaired) electrons. The summed E-state index contributed by atoms with van der Waals surface area (Å²) in [5.74, 6) is -2.11. The first-order valence-corrected chi connectivity index (χ1v) is 11.6. The lowest BCUT2D eigenvalue weighted by molar-refractivity contribution is 0.272. The molecule has 0 spiro atoms. The molecule has 6 nitrogen and oxygen atoms in total. The van der Waals surface area contributed by atoms with E-state index < -0.39 is 36.6 Å². The molecule has 0 bridgehead atoms. The van der Waals surface area contributed by atoms with Gasteiger partial charge >= 0.3 is 0 Å². The summed E-state index contributed by atoms with van der Waals surface area (Å²) < 4.78 is 79.8. The SMILES string of the molecule is O=S(=O)(c1ccc(F)cc1F)N1CCN(S(=O)(=O)c2c(Cl)cccc2Cl)CC1. The van der Waals surface area contributed by atoms with E-state index in [9.17, 15) is 25.6 Å². The highest BCUT2D eigenvalue weighted by molar-refractivity contribution is 7.89. The summed E-state index contributed by atoms with van der Waals surface area (Å²) in [6.45, 7) is -0.765. The Morgan fingerprint density at radius 3 is 1.79 bits per heavy atom. The van der Waals surface area contributed by atoms with Crippen LogP contribution in [0.2, 0.25) is 10.0 Å². The van der Waals surface area contributed by atoms with Gasteiger partial charge in [-0.25, -0.2) is 25.6 Å². The summed E-state index contributed by atoms with van der Waals surface area (Å²) >= 11 is 12.0. The normalized spacial score (nSPS) is 17.0. The molecule has 1 heterocycles. The molecule has 0 saturated carbocycles. The molecule has 2 aromatic rings. The standard InChI is InChI=1S/C16H14Cl2F2N2O4S2/c17-12-2-1-3-13(18)16(12)28(25,26)22-8-6-21(7-9-22)27(23,24)15-5-4-11(19)10-14(15)20/h1-5,10H,6-9H2. The number of hydrogen-bond donors (Lipinski definition) is 0. The van der Waals surface area contributed by atoms with Crippen LogP contribution in [0.4, 0.5) is 8.78 Å². The Kier molecular flexibility index (Phi) is 6.00. The number of halogens is 4. The predicted octanol–water partition coefficient (Wildman–Crippen LogP) is 2.97. The molecule has 0 unspecified atom stereocenters. The van der Waals surface area contributed by atoms with Gasteiger partial charge < -0.3 is 0 Å². The highest BCUT2D eigenvalue weighted by Crippen LogP contribution is 2.32. The Bertz CT molecular complexity index is 1100. The van der Waals surface area contributed by atoms with Crippen molar-refractivity contribution in [3.8, 4) is 0 Å². The minimum atomic E-state index is -4.24. The molecule has 0 atom stereocenters. The molecule has 12 heteroatoms. The van der Waals surface area contributed by atoms with Crippen molar-refractivity contribution in [2.24, 2.45) is 0 Å². The highest BCUT2D eigenvalue weighted by Gasteiger charge is 2.36. The molecule has 0 N–H and O–H groups in total. The van der Waals surface area contributed by atoms with Crippen molar-refractivity contribution in [3.05, 3.63) is 58.1 Å². The third-order valence-corrected chi connectivity index (χ3v) is 9.01. The van der Waals surface area contributed by atoms with Gasteiger partial charge in [0.1, 0.15) is 21.4 Å². The van der Waals surface area contributed by atoms with Crippen molar-refractivity contribution < 1.29 is 25.6 Å². The molecule has 1 aliphatic rings. The minimum absolute atomic E-state index is 0.0454. The molecule has 28 heavy (non-hydrogen) atoms. The summed E-state index contributed by atoms with van der Waals surface area (Å²) in [5.41, 5.74) is 0. The average Bonchev–Trinajstić information content (AvgIpc) is 2.61. The Hall–Kier alpha value is -1.30. The lowest BCUT2D eigenvalue weighted by atomic mass is 10.3. The third-order valence-electron chi connectivity index (χ3n) is 4.23. The topological polar surface area (TPSA) is 74.8 Å². The lowest BCUT2D eigenvalue weighted by Gasteiger charge is -2.33. The zero-order valence-electron chi connectivity index (χ0n) is 14.1. The molecule has 1 saturated heterocycles. The van der Waals surface area contributed by atoms with Gasteiger partial charge in [0.15, 0.2) is 0 Å². The van der Waals surface area contributed by atoms with Crippen LogP contribution in [0.15, 0.2) is 46.2 Å². The number of rotatable bonds is 4. The second kappa shape index (κ2) is 7.85. The Morgan fingerprint density at radius 1 is 0.786 bits per heavy atom. The van der Waals surface area contributed by atoms with E-state index in [4.69, 9.17) is 23.2 Å². The maximum atomic E-state index is 13.9. The van der Waals surface area contributed by atoms with E-state index in [1.807, 2.05) is 0 Å². The van der Waals surface area contributed by atoms with Gasteiger partial charge in [0, 0.05) is 32.2 Å². The molecule has 3 rings (SSSR count). The minimum Gasteiger partial charge on any atom is -0.207 e. The van der Waals surface area contributed by atoms with Crippen molar-refractivity contribution in [3.63, 3.8) is 0 Å². The van der Waals surface area contributed by atoms with Crippen LogP contribution in [-0.2, 0) is 20.0 Å². The largest absolute Gasteiger partial charge is 0.246 e. The van der Waals surface area contributed by atoms with Gasteiger partial charge in [0.05, 0.1) is 10.0 Å². The molecule has 152 valence electrons. The molecular weight excluding hydrogens is 457 g/mol. The molecule has 0 aromatic heterocycles. The van der Waals surface area contributed by atoms with Crippen LogP contribution in [0, 0.1) is 11.6 Å². The van der Waals surface area contributed by atoms with Crippen molar-refractivity contribution in [2.45, 2.75) is 9.79 Å². The van der Waals surface area contributed by atoms with Crippen LogP contribution < -0.4 is 0 Å². The van der Waals surface area contributed by atoms with Crippen LogP contribution in [0.3, 0.4) is 0 Å². The summed E-state index contributed by atoms with van der Waals surface area (Å²) in [6, 6.07) is 6.44. The summed E-state index contributed by atoms with van der Waals surface area (Å²) in [4.78, 5) is -0.918. The summed E-state index contributed by atoms with van der Waals surface area (Å²) in [5, 5.41) is -0.0909. The van der Waals surface area contributed by atoms with E-state index in [-0.39, 0.29) is 41.1 Å². The number of nitrogens with zero attached hydrogens (tertiary/aromatic N) is 2. The third kappa shape index (κ3) is 3.89. The van der Waals surface area contributed by atoms with Gasteiger partial charge in [-0.3, -0.25) is 0 Å². The molecule has 1 aliphatic heterocycles. The fraction of sp³-hybridized carbons (Fsp3) is 0.250. The van der Waals surface area contributed by atoms with E-state index in [1.54, 1.807) is 0 Å². The summed E-state index contributed by atoms with van der Waals surface area (Å²) in [6.07, 6.45) is 0. The lowest BCUT2D eigenvalue weighted by Crippen LogP contribution is -2.50. The Morgan fingerprint density at radius 2 is 1.29 bits per heavy atom. The van der Waals surface area contributed by atoms with Gasteiger partial charge in [-0.1, -0.05) is 29.3 Å². The number of benzene rings is 2. The number of hydrogen-bond acceptors (Lipinski definition) is 4. The monoisotopic (exact) mass is 470 g/mol. The van der Waals surface area contributed by atoms with Gasteiger partial charge in [-0.2, -0.15) is 8.61 Å². The van der Waals surface area contributed by atoms with Crippen LogP contribution in [0.1, 0.15) is 0 Å². The fourth-order valence-electron chi connectivity index (χ4n) is 2.83. The fourth-order valence-corrected chi connectivity index (χ4v) is 6.81. The number of piperazine rings is 1. The maximum absolute atomic E-state index is 13.9. The van der Waals surface area contributed by atoms with Crippen molar-refractivity contribution in [2.75, 3.05) is 26.2 Å². The van der Waals surface area contributed by atoms with Gasteiger partial charge in [0.2, 0.25) is 20.0 Å². The van der Waals surface area contributed by atoms with Crippen LogP contribution in [-0.4, -0.2) is 51.6 Å². The number of sulfonamides is 2. The van der Waals surface area contributed by atoms with Crippen LogP contribution >= 0.6 is 23.2 Å². The first-order valence-electron chi connectivity index (χ1n) is 7.94.